The fourth-order valence-electron chi connectivity index (χ4n) is 3.33. The summed E-state index contributed by atoms with van der Waals surface area (Å²) in [6, 6.07) is -3.06. The number of nitrogens with zero attached hydrogens (tertiary/aromatic N) is 2. The number of nitrogens with one attached hydrogen (secondary N) is 2. The Kier molecular flexibility index (Phi) is 7.07. The van der Waals surface area contributed by atoms with Gasteiger partial charge in [-0.2, -0.15) is 0 Å². The number of aldehydes is 1. The van der Waals surface area contributed by atoms with E-state index in [0.29, 0.717) is 12.7 Å². The van der Waals surface area contributed by atoms with Gasteiger partial charge >= 0.3 is 6.09 Å². The lowest BCUT2D eigenvalue weighted by molar-refractivity contribution is -0.176. The average molecular weight is 396 g/mol. The number of Topliss-reactive ketones (excluding diaryl/α,β-unsaturated/α-hetero) is 1. The van der Waals surface area contributed by atoms with Crippen LogP contribution < -0.4 is 10.6 Å². The highest BCUT2D eigenvalue weighted by Crippen LogP contribution is 2.25. The van der Waals surface area contributed by atoms with Crippen molar-refractivity contribution in [2.75, 3.05) is 13.7 Å². The number of hydrogen-bond donors (Lipinski definition) is 2. The van der Waals surface area contributed by atoms with Crippen LogP contribution in [0.1, 0.15) is 39.0 Å². The normalized spacial score (nSPS) is 23.2. The Morgan fingerprint density at radius 1 is 1.29 bits per heavy atom. The molecule has 0 unspecified atom stereocenters. The topological polar surface area (TPSA) is 142 Å². The quantitative estimate of drug-likeness (QED) is 0.543. The molecule has 0 aromatic carbocycles. The summed E-state index contributed by atoms with van der Waals surface area (Å²) >= 11 is 0. The number of ketones is 1. The number of carbonyl (C=O) groups excluding carboxylic acids is 6. The highest BCUT2D eigenvalue weighted by Gasteiger charge is 2.44. The molecule has 2 rings (SSSR count). The third-order valence-electron chi connectivity index (χ3n) is 4.64. The molecule has 0 aromatic heterocycles. The standard InChI is InChI=1S/C17H24N4O7/c1-10(23)8-11(9-22)18-15(25)13-4-3-7-20-14(24)6-5-12(16(26)21(13)20)19-17(27)28-2/h9,11-13H,3-8H2,1-2H3,(H,18,25)(H,19,27)/t11-,12-,13-/m0/s1. The summed E-state index contributed by atoms with van der Waals surface area (Å²) in [4.78, 5) is 72.1. The Morgan fingerprint density at radius 3 is 2.61 bits per heavy atom. The molecule has 0 radical (unpaired) electrons. The second kappa shape index (κ2) is 9.29. The van der Waals surface area contributed by atoms with E-state index in [0.717, 1.165) is 12.1 Å². The second-order valence-corrected chi connectivity index (χ2v) is 6.74. The summed E-state index contributed by atoms with van der Waals surface area (Å²) in [5.74, 6) is -1.85. The van der Waals surface area contributed by atoms with Gasteiger partial charge in [0, 0.05) is 19.4 Å². The van der Waals surface area contributed by atoms with Crippen molar-refractivity contribution in [2.24, 2.45) is 0 Å². The highest BCUT2D eigenvalue weighted by atomic mass is 16.5. The van der Waals surface area contributed by atoms with Crippen LogP contribution in [0.3, 0.4) is 0 Å². The number of hydrogen-bond acceptors (Lipinski definition) is 7. The van der Waals surface area contributed by atoms with E-state index in [1.807, 2.05) is 0 Å². The number of rotatable bonds is 6. The summed E-state index contributed by atoms with van der Waals surface area (Å²) in [6.07, 6.45) is 0.336. The van der Waals surface area contributed by atoms with Crippen LogP contribution in [-0.2, 0) is 28.7 Å². The Balaban J connectivity index is 2.24. The number of methoxy groups -OCH3 is 1. The molecule has 2 saturated heterocycles. The van der Waals surface area contributed by atoms with Crippen molar-refractivity contribution in [2.45, 2.75) is 57.2 Å². The van der Waals surface area contributed by atoms with Gasteiger partial charge in [0.05, 0.1) is 13.2 Å². The van der Waals surface area contributed by atoms with E-state index in [9.17, 15) is 28.8 Å². The minimum Gasteiger partial charge on any atom is -0.453 e. The van der Waals surface area contributed by atoms with E-state index >= 15 is 0 Å². The Morgan fingerprint density at radius 2 is 2.00 bits per heavy atom. The van der Waals surface area contributed by atoms with E-state index in [4.69, 9.17) is 0 Å². The van der Waals surface area contributed by atoms with Crippen LogP contribution in [0.15, 0.2) is 0 Å². The molecule has 2 aliphatic heterocycles. The Labute approximate surface area is 161 Å². The molecule has 2 heterocycles. The molecule has 2 N–H and O–H groups in total. The third kappa shape index (κ3) is 4.84. The minimum absolute atomic E-state index is 0.0204. The molecular formula is C17H24N4O7. The molecule has 3 atom stereocenters. The summed E-state index contributed by atoms with van der Waals surface area (Å²) in [5.41, 5.74) is 0. The van der Waals surface area contributed by atoms with Crippen LogP contribution in [0.25, 0.3) is 0 Å². The fraction of sp³-hybridized carbons (Fsp3) is 0.647. The maximum absolute atomic E-state index is 13.0. The molecule has 0 aliphatic carbocycles. The van der Waals surface area contributed by atoms with Crippen molar-refractivity contribution in [1.29, 1.82) is 0 Å². The maximum Gasteiger partial charge on any atom is 0.407 e. The minimum atomic E-state index is -1.03. The number of alkyl carbamates (subject to hydrolysis) is 1. The van der Waals surface area contributed by atoms with E-state index in [1.165, 1.54) is 11.9 Å². The van der Waals surface area contributed by atoms with E-state index in [1.54, 1.807) is 0 Å². The summed E-state index contributed by atoms with van der Waals surface area (Å²) in [5, 5.41) is 7.12. The predicted molar refractivity (Wildman–Crippen MR) is 93.4 cm³/mol. The predicted octanol–water partition coefficient (Wildman–Crippen LogP) is -1.10. The fourth-order valence-corrected chi connectivity index (χ4v) is 3.33. The lowest BCUT2D eigenvalue weighted by atomic mass is 10.0. The van der Waals surface area contributed by atoms with Gasteiger partial charge in [-0.1, -0.05) is 0 Å². The van der Waals surface area contributed by atoms with Crippen LogP contribution in [0.2, 0.25) is 0 Å². The molecule has 2 fully saturated rings. The molecule has 154 valence electrons. The van der Waals surface area contributed by atoms with Gasteiger partial charge in [0.25, 0.3) is 5.91 Å². The van der Waals surface area contributed by atoms with Crippen molar-refractivity contribution >= 4 is 35.9 Å². The molecule has 0 aromatic rings. The van der Waals surface area contributed by atoms with Gasteiger partial charge in [-0.25, -0.2) is 9.80 Å². The maximum atomic E-state index is 13.0. The molecule has 11 heteroatoms. The van der Waals surface area contributed by atoms with Crippen molar-refractivity contribution in [3.05, 3.63) is 0 Å². The van der Waals surface area contributed by atoms with Gasteiger partial charge in [-0.05, 0) is 26.2 Å². The molecule has 4 amide bonds. The second-order valence-electron chi connectivity index (χ2n) is 6.74. The molecule has 0 saturated carbocycles. The van der Waals surface area contributed by atoms with Crippen LogP contribution >= 0.6 is 0 Å². The zero-order valence-corrected chi connectivity index (χ0v) is 15.8. The van der Waals surface area contributed by atoms with Crippen molar-refractivity contribution in [3.63, 3.8) is 0 Å². The SMILES string of the molecule is COC(=O)N[C@H]1CCC(=O)N2CCC[C@@H](C(=O)N[C@H](C=O)CC(C)=O)N2C1=O. The number of fused-ring (bicyclic) bond motifs is 1. The smallest absolute Gasteiger partial charge is 0.407 e. The molecule has 0 spiro atoms. The zero-order chi connectivity index (χ0) is 20.8. The van der Waals surface area contributed by atoms with Crippen LogP contribution in [0, 0.1) is 0 Å². The first-order valence-electron chi connectivity index (χ1n) is 9.01. The van der Waals surface area contributed by atoms with Crippen molar-refractivity contribution in [3.8, 4) is 0 Å². The van der Waals surface area contributed by atoms with Crippen molar-refractivity contribution < 1.29 is 33.5 Å². The largest absolute Gasteiger partial charge is 0.453 e. The van der Waals surface area contributed by atoms with Gasteiger partial charge < -0.3 is 20.2 Å². The van der Waals surface area contributed by atoms with E-state index < -0.39 is 36.0 Å². The van der Waals surface area contributed by atoms with Crippen LogP contribution in [0.4, 0.5) is 4.79 Å². The summed E-state index contributed by atoms with van der Waals surface area (Å²) in [6.45, 7) is 1.56. The molecule has 28 heavy (non-hydrogen) atoms. The van der Waals surface area contributed by atoms with Gasteiger partial charge in [0.2, 0.25) is 11.8 Å². The molecule has 2 aliphatic rings. The van der Waals surface area contributed by atoms with E-state index in [2.05, 4.69) is 15.4 Å². The van der Waals surface area contributed by atoms with Gasteiger partial charge in [0.15, 0.2) is 0 Å². The monoisotopic (exact) mass is 396 g/mol. The summed E-state index contributed by atoms with van der Waals surface area (Å²) < 4.78 is 4.51. The lowest BCUT2D eigenvalue weighted by Crippen LogP contribution is -2.64. The summed E-state index contributed by atoms with van der Waals surface area (Å²) in [7, 11) is 1.15. The van der Waals surface area contributed by atoms with Gasteiger partial charge in [-0.3, -0.25) is 24.2 Å². The first kappa shape index (κ1) is 21.3. The number of amides is 4. The van der Waals surface area contributed by atoms with Crippen LogP contribution in [-0.4, -0.2) is 77.7 Å². The molecule has 0 bridgehead atoms. The highest BCUT2D eigenvalue weighted by molar-refractivity contribution is 5.95. The number of hydrazine groups is 1. The van der Waals surface area contributed by atoms with Crippen LogP contribution in [0.5, 0.6) is 0 Å². The van der Waals surface area contributed by atoms with Gasteiger partial charge in [0.1, 0.15) is 24.2 Å². The Hall–Kier alpha value is -2.98. The third-order valence-corrected chi connectivity index (χ3v) is 4.64. The molecule has 11 nitrogen and oxygen atoms in total. The number of carbonyl (C=O) groups is 6. The van der Waals surface area contributed by atoms with Crippen molar-refractivity contribution in [1.82, 2.24) is 20.7 Å². The zero-order valence-electron chi connectivity index (χ0n) is 15.8. The average Bonchev–Trinajstić information content (AvgIpc) is 2.78. The van der Waals surface area contributed by atoms with Gasteiger partial charge in [-0.15, -0.1) is 0 Å². The molecular weight excluding hydrogens is 372 g/mol. The first-order valence-corrected chi connectivity index (χ1v) is 9.01. The lowest BCUT2D eigenvalue weighted by Gasteiger charge is -2.43. The number of ether oxygens (including phenoxy) is 1. The first-order chi connectivity index (χ1) is 13.3. The Bertz CT molecular complexity index is 680. The van der Waals surface area contributed by atoms with E-state index in [-0.39, 0.29) is 43.9 Å².